The zero-order chi connectivity index (χ0) is 21.9. The van der Waals surface area contributed by atoms with E-state index in [1.54, 1.807) is 61.9 Å². The summed E-state index contributed by atoms with van der Waals surface area (Å²) < 4.78 is 6.67. The molecule has 7 heteroatoms. The molecular formula is C23H24N2O5. The minimum atomic E-state index is -1.16. The Labute approximate surface area is 173 Å². The van der Waals surface area contributed by atoms with Gasteiger partial charge in [-0.2, -0.15) is 0 Å². The summed E-state index contributed by atoms with van der Waals surface area (Å²) in [5.74, 6) is -1.16. The maximum atomic E-state index is 12.4. The Morgan fingerprint density at radius 3 is 2.30 bits per heavy atom. The number of nitrogens with one attached hydrogen (secondary N) is 1. The number of hydrogen-bond acceptors (Lipinski definition) is 4. The van der Waals surface area contributed by atoms with Crippen molar-refractivity contribution in [3.8, 4) is 5.69 Å². The molecule has 1 heterocycles. The normalized spacial score (nSPS) is 12.4. The molecule has 0 aliphatic rings. The lowest BCUT2D eigenvalue weighted by Crippen LogP contribution is -2.44. The van der Waals surface area contributed by atoms with Gasteiger partial charge in [-0.3, -0.25) is 9.36 Å². The molecule has 0 spiro atoms. The monoisotopic (exact) mass is 408 g/mol. The van der Waals surface area contributed by atoms with Crippen LogP contribution in [0.2, 0.25) is 0 Å². The summed E-state index contributed by atoms with van der Waals surface area (Å²) in [4.78, 5) is 35.9. The summed E-state index contributed by atoms with van der Waals surface area (Å²) in [5.41, 5.74) is 0.496. The second-order valence-electron chi connectivity index (χ2n) is 8.02. The molecule has 2 N–H and O–H groups in total. The summed E-state index contributed by atoms with van der Waals surface area (Å²) in [5, 5.41) is 13.6. The van der Waals surface area contributed by atoms with Gasteiger partial charge in [0, 0.05) is 24.4 Å². The highest BCUT2D eigenvalue weighted by molar-refractivity contribution is 5.82. The number of alkyl carbamates (subject to hydrolysis) is 1. The van der Waals surface area contributed by atoms with Gasteiger partial charge in [-0.05, 0) is 49.2 Å². The standard InChI is InChI=1S/C23H24N2O5/c1-23(2,3)30-22(29)24-19(21(27)28)12-15-8-10-18(11-9-15)25-14-17-7-5-4-6-16(17)13-20(25)26/h4-11,13-14,19H,12H2,1-3H3,(H,24,29)(H,27,28)/t19-/m0/s1. The van der Waals surface area contributed by atoms with E-state index < -0.39 is 23.7 Å². The van der Waals surface area contributed by atoms with Crippen molar-refractivity contribution in [2.75, 3.05) is 0 Å². The number of nitrogens with zero attached hydrogens (tertiary/aromatic N) is 1. The number of pyridine rings is 1. The molecule has 30 heavy (non-hydrogen) atoms. The molecule has 1 aromatic heterocycles. The molecule has 0 saturated heterocycles. The molecular weight excluding hydrogens is 384 g/mol. The molecule has 2 aromatic carbocycles. The van der Waals surface area contributed by atoms with E-state index in [1.165, 1.54) is 0 Å². The number of amides is 1. The molecule has 7 nitrogen and oxygen atoms in total. The van der Waals surface area contributed by atoms with Crippen LogP contribution >= 0.6 is 0 Å². The van der Waals surface area contributed by atoms with Crippen molar-refractivity contribution in [1.82, 2.24) is 9.88 Å². The van der Waals surface area contributed by atoms with Gasteiger partial charge < -0.3 is 15.2 Å². The Hall–Kier alpha value is -3.61. The van der Waals surface area contributed by atoms with E-state index in [2.05, 4.69) is 5.32 Å². The van der Waals surface area contributed by atoms with Crippen molar-refractivity contribution in [3.63, 3.8) is 0 Å². The van der Waals surface area contributed by atoms with Crippen molar-refractivity contribution in [2.24, 2.45) is 0 Å². The number of hydrogen-bond donors (Lipinski definition) is 2. The lowest BCUT2D eigenvalue weighted by Gasteiger charge is -2.22. The first-order chi connectivity index (χ1) is 14.1. The first-order valence-electron chi connectivity index (χ1n) is 9.55. The molecule has 0 bridgehead atoms. The largest absolute Gasteiger partial charge is 0.480 e. The quantitative estimate of drug-likeness (QED) is 0.673. The Bertz CT molecular complexity index is 1130. The van der Waals surface area contributed by atoms with Crippen LogP contribution in [0.1, 0.15) is 26.3 Å². The van der Waals surface area contributed by atoms with E-state index in [4.69, 9.17) is 4.74 Å². The van der Waals surface area contributed by atoms with Gasteiger partial charge in [-0.1, -0.05) is 36.4 Å². The average molecular weight is 408 g/mol. The van der Waals surface area contributed by atoms with Gasteiger partial charge >= 0.3 is 12.1 Å². The number of aliphatic carboxylic acids is 1. The lowest BCUT2D eigenvalue weighted by molar-refractivity contribution is -0.139. The van der Waals surface area contributed by atoms with Crippen molar-refractivity contribution in [2.45, 2.75) is 38.8 Å². The minimum Gasteiger partial charge on any atom is -0.480 e. The van der Waals surface area contributed by atoms with E-state index in [1.807, 2.05) is 24.3 Å². The number of carboxylic acid groups (broad SMARTS) is 1. The van der Waals surface area contributed by atoms with Gasteiger partial charge in [0.05, 0.1) is 0 Å². The molecule has 0 radical (unpaired) electrons. The van der Waals surface area contributed by atoms with Crippen molar-refractivity contribution in [3.05, 3.63) is 76.7 Å². The molecule has 0 aliphatic carbocycles. The third-order valence-corrected chi connectivity index (χ3v) is 4.42. The summed E-state index contributed by atoms with van der Waals surface area (Å²) in [6.45, 7) is 5.11. The predicted molar refractivity (Wildman–Crippen MR) is 114 cm³/mol. The summed E-state index contributed by atoms with van der Waals surface area (Å²) in [6, 6.07) is 15.0. The third kappa shape index (κ3) is 5.26. The van der Waals surface area contributed by atoms with Crippen LogP contribution in [-0.4, -0.2) is 33.4 Å². The van der Waals surface area contributed by atoms with E-state index in [-0.39, 0.29) is 12.0 Å². The highest BCUT2D eigenvalue weighted by Gasteiger charge is 2.24. The Balaban J connectivity index is 1.78. The number of carboxylic acids is 1. The molecule has 3 aromatic rings. The fraction of sp³-hybridized carbons (Fsp3) is 0.261. The molecule has 0 saturated carbocycles. The molecule has 0 fully saturated rings. The van der Waals surface area contributed by atoms with Crippen LogP contribution in [0.25, 0.3) is 16.5 Å². The number of ether oxygens (including phenoxy) is 1. The zero-order valence-corrected chi connectivity index (χ0v) is 17.1. The van der Waals surface area contributed by atoms with Gasteiger partial charge in [0.15, 0.2) is 0 Å². The van der Waals surface area contributed by atoms with Crippen LogP contribution in [-0.2, 0) is 16.0 Å². The van der Waals surface area contributed by atoms with Crippen molar-refractivity contribution in [1.29, 1.82) is 0 Å². The summed E-state index contributed by atoms with van der Waals surface area (Å²) in [6.07, 6.45) is 1.08. The van der Waals surface area contributed by atoms with Crippen LogP contribution < -0.4 is 10.9 Å². The molecule has 0 aliphatic heterocycles. The third-order valence-electron chi connectivity index (χ3n) is 4.42. The average Bonchev–Trinajstić information content (AvgIpc) is 2.66. The SMILES string of the molecule is CC(C)(C)OC(=O)N[C@@H](Cc1ccc(-n2cc3ccccc3cc2=O)cc1)C(=O)O. The minimum absolute atomic E-state index is 0.0848. The molecule has 0 unspecified atom stereocenters. The van der Waals surface area contributed by atoms with E-state index >= 15 is 0 Å². The highest BCUT2D eigenvalue weighted by Crippen LogP contribution is 2.15. The summed E-state index contributed by atoms with van der Waals surface area (Å²) in [7, 11) is 0. The Kier molecular flexibility index (Phi) is 5.91. The van der Waals surface area contributed by atoms with E-state index in [0.717, 1.165) is 10.8 Å². The molecule has 3 rings (SSSR count). The van der Waals surface area contributed by atoms with Gasteiger partial charge in [-0.25, -0.2) is 9.59 Å². The van der Waals surface area contributed by atoms with Gasteiger partial charge in [-0.15, -0.1) is 0 Å². The van der Waals surface area contributed by atoms with Crippen LogP contribution in [0, 0.1) is 0 Å². The fourth-order valence-corrected chi connectivity index (χ4v) is 3.05. The fourth-order valence-electron chi connectivity index (χ4n) is 3.05. The number of fused-ring (bicyclic) bond motifs is 1. The maximum absolute atomic E-state index is 12.4. The zero-order valence-electron chi connectivity index (χ0n) is 17.1. The van der Waals surface area contributed by atoms with Crippen molar-refractivity contribution >= 4 is 22.8 Å². The number of carbonyl (C=O) groups is 2. The molecule has 156 valence electrons. The van der Waals surface area contributed by atoms with Crippen LogP contribution in [0.4, 0.5) is 4.79 Å². The predicted octanol–water partition coefficient (Wildman–Crippen LogP) is 3.51. The second kappa shape index (κ2) is 8.41. The number of carbonyl (C=O) groups excluding carboxylic acids is 1. The van der Waals surface area contributed by atoms with Gasteiger partial charge in [0.1, 0.15) is 11.6 Å². The van der Waals surface area contributed by atoms with Crippen LogP contribution in [0.15, 0.2) is 65.6 Å². The van der Waals surface area contributed by atoms with Crippen molar-refractivity contribution < 1.29 is 19.4 Å². The molecule has 1 atom stereocenters. The Morgan fingerprint density at radius 1 is 1.07 bits per heavy atom. The van der Waals surface area contributed by atoms with Crippen LogP contribution in [0.3, 0.4) is 0 Å². The number of aromatic nitrogens is 1. The smallest absolute Gasteiger partial charge is 0.408 e. The van der Waals surface area contributed by atoms with Gasteiger partial charge in [0.2, 0.25) is 0 Å². The van der Waals surface area contributed by atoms with E-state index in [0.29, 0.717) is 11.3 Å². The second-order valence-corrected chi connectivity index (χ2v) is 8.02. The first-order valence-corrected chi connectivity index (χ1v) is 9.55. The first kappa shape index (κ1) is 21.1. The van der Waals surface area contributed by atoms with Gasteiger partial charge in [0.25, 0.3) is 5.56 Å². The number of benzene rings is 2. The highest BCUT2D eigenvalue weighted by atomic mass is 16.6. The Morgan fingerprint density at radius 2 is 1.70 bits per heavy atom. The van der Waals surface area contributed by atoms with E-state index in [9.17, 15) is 19.5 Å². The summed E-state index contributed by atoms with van der Waals surface area (Å²) >= 11 is 0. The topological polar surface area (TPSA) is 97.6 Å². The number of rotatable bonds is 5. The lowest BCUT2D eigenvalue weighted by atomic mass is 10.1. The molecule has 1 amide bonds. The maximum Gasteiger partial charge on any atom is 0.408 e. The van der Waals surface area contributed by atoms with Crippen LogP contribution in [0.5, 0.6) is 0 Å².